The van der Waals surface area contributed by atoms with E-state index in [2.05, 4.69) is 28.2 Å². The average molecular weight is 371 g/mol. The summed E-state index contributed by atoms with van der Waals surface area (Å²) in [5, 5.41) is 14.0. The Labute approximate surface area is 138 Å². The van der Waals surface area contributed by atoms with E-state index >= 15 is 0 Å². The first-order valence-electron chi connectivity index (χ1n) is 6.55. The van der Waals surface area contributed by atoms with Crippen molar-refractivity contribution in [1.82, 2.24) is 5.32 Å². The summed E-state index contributed by atoms with van der Waals surface area (Å²) in [7, 11) is 1.54. The van der Waals surface area contributed by atoms with Gasteiger partial charge in [-0.05, 0) is 58.2 Å². The molecule has 0 aliphatic heterocycles. The Morgan fingerprint density at radius 1 is 1.29 bits per heavy atom. The molecule has 0 saturated carbocycles. The summed E-state index contributed by atoms with van der Waals surface area (Å²) in [5.41, 5.74) is 2.20. The van der Waals surface area contributed by atoms with E-state index in [1.54, 1.807) is 0 Å². The monoisotopic (exact) mass is 369 g/mol. The number of halogens is 2. The SMILES string of the molecule is COc1cc(CN[C@@H](C)c2ccc(Cl)cc2)cc(Br)c1O. The van der Waals surface area contributed by atoms with Gasteiger partial charge in [0.2, 0.25) is 0 Å². The molecular formula is C16H17BrClNO2. The number of hydrogen-bond donors (Lipinski definition) is 2. The number of ether oxygens (including phenoxy) is 1. The second kappa shape index (κ2) is 7.16. The van der Waals surface area contributed by atoms with E-state index in [0.29, 0.717) is 16.8 Å². The van der Waals surface area contributed by atoms with Gasteiger partial charge in [0.25, 0.3) is 0 Å². The van der Waals surface area contributed by atoms with Gasteiger partial charge >= 0.3 is 0 Å². The number of nitrogens with one attached hydrogen (secondary N) is 1. The molecule has 0 aromatic heterocycles. The molecule has 2 aromatic rings. The van der Waals surface area contributed by atoms with Gasteiger partial charge in [-0.3, -0.25) is 0 Å². The lowest BCUT2D eigenvalue weighted by molar-refractivity contribution is 0.371. The highest BCUT2D eigenvalue weighted by atomic mass is 79.9. The largest absolute Gasteiger partial charge is 0.503 e. The Morgan fingerprint density at radius 2 is 1.95 bits per heavy atom. The zero-order chi connectivity index (χ0) is 15.4. The maximum Gasteiger partial charge on any atom is 0.172 e. The van der Waals surface area contributed by atoms with Crippen LogP contribution in [0.15, 0.2) is 40.9 Å². The highest BCUT2D eigenvalue weighted by Gasteiger charge is 2.10. The number of phenolic OH excluding ortho intramolecular Hbond substituents is 1. The summed E-state index contributed by atoms with van der Waals surface area (Å²) in [5.74, 6) is 0.576. The van der Waals surface area contributed by atoms with Crippen molar-refractivity contribution in [3.63, 3.8) is 0 Å². The van der Waals surface area contributed by atoms with Crippen LogP contribution in [0.3, 0.4) is 0 Å². The van der Waals surface area contributed by atoms with Crippen molar-refractivity contribution in [1.29, 1.82) is 0 Å². The Hall–Kier alpha value is -1.23. The molecule has 5 heteroatoms. The maximum absolute atomic E-state index is 9.80. The Morgan fingerprint density at radius 3 is 2.57 bits per heavy atom. The lowest BCUT2D eigenvalue weighted by Crippen LogP contribution is -2.18. The molecule has 0 spiro atoms. The Bertz CT molecular complexity index is 616. The summed E-state index contributed by atoms with van der Waals surface area (Å²) in [4.78, 5) is 0. The van der Waals surface area contributed by atoms with Crippen molar-refractivity contribution >= 4 is 27.5 Å². The number of methoxy groups -OCH3 is 1. The third-order valence-electron chi connectivity index (χ3n) is 3.29. The van der Waals surface area contributed by atoms with Gasteiger partial charge in [0, 0.05) is 17.6 Å². The van der Waals surface area contributed by atoms with E-state index in [-0.39, 0.29) is 11.8 Å². The van der Waals surface area contributed by atoms with Crippen LogP contribution in [0.4, 0.5) is 0 Å². The third-order valence-corrected chi connectivity index (χ3v) is 4.15. The number of aromatic hydroxyl groups is 1. The fourth-order valence-electron chi connectivity index (χ4n) is 2.03. The number of hydrogen-bond acceptors (Lipinski definition) is 3. The van der Waals surface area contributed by atoms with E-state index in [9.17, 15) is 5.11 Å². The average Bonchev–Trinajstić information content (AvgIpc) is 2.48. The molecule has 0 saturated heterocycles. The second-order valence-electron chi connectivity index (χ2n) is 4.78. The van der Waals surface area contributed by atoms with E-state index < -0.39 is 0 Å². The van der Waals surface area contributed by atoms with Crippen LogP contribution in [-0.2, 0) is 6.54 Å². The third kappa shape index (κ3) is 4.13. The van der Waals surface area contributed by atoms with Crippen LogP contribution in [0.2, 0.25) is 5.02 Å². The molecule has 0 heterocycles. The van der Waals surface area contributed by atoms with Crippen LogP contribution in [0, 0.1) is 0 Å². The minimum Gasteiger partial charge on any atom is -0.503 e. The summed E-state index contributed by atoms with van der Waals surface area (Å²) in [6.07, 6.45) is 0. The van der Waals surface area contributed by atoms with Gasteiger partial charge in [0.05, 0.1) is 11.6 Å². The van der Waals surface area contributed by atoms with E-state index in [0.717, 1.165) is 10.6 Å². The van der Waals surface area contributed by atoms with E-state index in [1.165, 1.54) is 12.7 Å². The Balaban J connectivity index is 2.05. The van der Waals surface area contributed by atoms with Crippen LogP contribution in [0.1, 0.15) is 24.1 Å². The molecule has 0 bridgehead atoms. The summed E-state index contributed by atoms with van der Waals surface area (Å²) >= 11 is 9.22. The van der Waals surface area contributed by atoms with E-state index in [4.69, 9.17) is 16.3 Å². The minimum atomic E-state index is 0.118. The van der Waals surface area contributed by atoms with Crippen LogP contribution in [0.25, 0.3) is 0 Å². The molecule has 0 aliphatic rings. The van der Waals surface area contributed by atoms with Crippen LogP contribution in [-0.4, -0.2) is 12.2 Å². The predicted molar refractivity (Wildman–Crippen MR) is 89.1 cm³/mol. The van der Waals surface area contributed by atoms with E-state index in [1.807, 2.05) is 36.4 Å². The normalized spacial score (nSPS) is 12.2. The molecule has 112 valence electrons. The molecular weight excluding hydrogens is 354 g/mol. The molecule has 3 nitrogen and oxygen atoms in total. The zero-order valence-corrected chi connectivity index (χ0v) is 14.2. The van der Waals surface area contributed by atoms with Gasteiger partial charge in [0.15, 0.2) is 11.5 Å². The lowest BCUT2D eigenvalue weighted by Gasteiger charge is -2.15. The van der Waals surface area contributed by atoms with Gasteiger partial charge < -0.3 is 15.2 Å². The first-order valence-corrected chi connectivity index (χ1v) is 7.72. The first-order chi connectivity index (χ1) is 10.0. The predicted octanol–water partition coefficient (Wildman–Crippen LogP) is 4.67. The van der Waals surface area contributed by atoms with Crippen molar-refractivity contribution in [2.45, 2.75) is 19.5 Å². The van der Waals surface area contributed by atoms with Crippen molar-refractivity contribution in [2.75, 3.05) is 7.11 Å². The van der Waals surface area contributed by atoms with Gasteiger partial charge in [-0.25, -0.2) is 0 Å². The Kier molecular flexibility index (Phi) is 5.51. The summed E-state index contributed by atoms with van der Waals surface area (Å²) in [6, 6.07) is 11.7. The van der Waals surface area contributed by atoms with Crippen molar-refractivity contribution < 1.29 is 9.84 Å². The fourth-order valence-corrected chi connectivity index (χ4v) is 2.64. The van der Waals surface area contributed by atoms with Gasteiger partial charge in [-0.1, -0.05) is 23.7 Å². The molecule has 2 rings (SSSR count). The highest BCUT2D eigenvalue weighted by Crippen LogP contribution is 2.35. The molecule has 0 aliphatic carbocycles. The number of benzene rings is 2. The van der Waals surface area contributed by atoms with Gasteiger partial charge in [0.1, 0.15) is 0 Å². The molecule has 1 atom stereocenters. The smallest absolute Gasteiger partial charge is 0.172 e. The van der Waals surface area contributed by atoms with Gasteiger partial charge in [-0.2, -0.15) is 0 Å². The molecule has 0 amide bonds. The van der Waals surface area contributed by atoms with Crippen LogP contribution < -0.4 is 10.1 Å². The maximum atomic E-state index is 9.80. The zero-order valence-electron chi connectivity index (χ0n) is 11.9. The molecule has 2 aromatic carbocycles. The van der Waals surface area contributed by atoms with Crippen molar-refractivity contribution in [3.05, 3.63) is 57.0 Å². The second-order valence-corrected chi connectivity index (χ2v) is 6.07. The highest BCUT2D eigenvalue weighted by molar-refractivity contribution is 9.10. The van der Waals surface area contributed by atoms with Gasteiger partial charge in [-0.15, -0.1) is 0 Å². The topological polar surface area (TPSA) is 41.5 Å². The minimum absolute atomic E-state index is 0.118. The molecule has 2 N–H and O–H groups in total. The first kappa shape index (κ1) is 16.1. The fraction of sp³-hybridized carbons (Fsp3) is 0.250. The quantitative estimate of drug-likeness (QED) is 0.804. The number of phenols is 1. The molecule has 0 fully saturated rings. The lowest BCUT2D eigenvalue weighted by atomic mass is 10.1. The van der Waals surface area contributed by atoms with Crippen molar-refractivity contribution in [2.24, 2.45) is 0 Å². The summed E-state index contributed by atoms with van der Waals surface area (Å²) < 4.78 is 5.77. The van der Waals surface area contributed by atoms with Crippen LogP contribution in [0.5, 0.6) is 11.5 Å². The van der Waals surface area contributed by atoms with Crippen molar-refractivity contribution in [3.8, 4) is 11.5 Å². The molecule has 21 heavy (non-hydrogen) atoms. The standard InChI is InChI=1S/C16H17BrClNO2/c1-10(12-3-5-13(18)6-4-12)19-9-11-7-14(17)16(20)15(8-11)21-2/h3-8,10,19-20H,9H2,1-2H3/t10-/m0/s1. The van der Waals surface area contributed by atoms with Crippen LogP contribution >= 0.6 is 27.5 Å². The number of rotatable bonds is 5. The molecule has 0 radical (unpaired) electrons. The summed E-state index contributed by atoms with van der Waals surface area (Å²) in [6.45, 7) is 2.76. The molecule has 0 unspecified atom stereocenters.